The van der Waals surface area contributed by atoms with Crippen LogP contribution in [0.25, 0.3) is 0 Å². The summed E-state index contributed by atoms with van der Waals surface area (Å²) in [5, 5.41) is 4.06. The van der Waals surface area contributed by atoms with Crippen molar-refractivity contribution < 1.29 is 14.1 Å². The zero-order valence-corrected chi connectivity index (χ0v) is 14.8. The summed E-state index contributed by atoms with van der Waals surface area (Å²) in [6.07, 6.45) is 0.377. The second-order valence-corrected chi connectivity index (χ2v) is 7.26. The van der Waals surface area contributed by atoms with E-state index in [1.165, 1.54) is 0 Å². The lowest BCUT2D eigenvalue weighted by Gasteiger charge is -2.19. The van der Waals surface area contributed by atoms with E-state index in [4.69, 9.17) is 9.26 Å². The molecule has 0 bridgehead atoms. The van der Waals surface area contributed by atoms with Crippen molar-refractivity contribution in [2.75, 3.05) is 18.6 Å². The predicted octanol–water partition coefficient (Wildman–Crippen LogP) is 3.20. The summed E-state index contributed by atoms with van der Waals surface area (Å²) < 4.78 is 10.7. The van der Waals surface area contributed by atoms with E-state index < -0.39 is 0 Å². The lowest BCUT2D eigenvalue weighted by molar-refractivity contribution is -0.117. The van der Waals surface area contributed by atoms with Crippen LogP contribution >= 0.6 is 0 Å². The molecular formula is C18H23N3O3. The number of hydrogen-bond donors (Lipinski definition) is 0. The molecule has 24 heavy (non-hydrogen) atoms. The van der Waals surface area contributed by atoms with Crippen LogP contribution in [0.2, 0.25) is 0 Å². The Hall–Kier alpha value is -2.37. The van der Waals surface area contributed by atoms with Crippen molar-refractivity contribution in [2.45, 2.75) is 45.4 Å². The number of aryl methyl sites for hydroxylation is 1. The van der Waals surface area contributed by atoms with Crippen LogP contribution in [-0.4, -0.2) is 29.7 Å². The summed E-state index contributed by atoms with van der Waals surface area (Å²) in [4.78, 5) is 18.8. The minimum absolute atomic E-state index is 0.0619. The van der Waals surface area contributed by atoms with Crippen LogP contribution in [0.3, 0.4) is 0 Å². The highest BCUT2D eigenvalue weighted by atomic mass is 16.5. The van der Waals surface area contributed by atoms with E-state index in [0.29, 0.717) is 24.7 Å². The smallest absolute Gasteiger partial charge is 0.232 e. The van der Waals surface area contributed by atoms with Crippen molar-refractivity contribution in [2.24, 2.45) is 0 Å². The van der Waals surface area contributed by atoms with Gasteiger partial charge in [0, 0.05) is 24.4 Å². The van der Waals surface area contributed by atoms with Gasteiger partial charge in [-0.25, -0.2) is 0 Å². The van der Waals surface area contributed by atoms with Crippen LogP contribution in [0.1, 0.15) is 50.4 Å². The Balaban J connectivity index is 1.85. The molecule has 1 unspecified atom stereocenters. The number of nitrogens with zero attached hydrogens (tertiary/aromatic N) is 3. The maximum atomic E-state index is 12.5. The lowest BCUT2D eigenvalue weighted by Crippen LogP contribution is -2.25. The molecule has 1 fully saturated rings. The Morgan fingerprint density at radius 2 is 2.08 bits per heavy atom. The van der Waals surface area contributed by atoms with Crippen LogP contribution in [0.5, 0.6) is 5.75 Å². The molecule has 0 saturated carbocycles. The molecule has 0 radical (unpaired) electrons. The van der Waals surface area contributed by atoms with E-state index in [1.807, 2.05) is 45.9 Å². The summed E-state index contributed by atoms with van der Waals surface area (Å²) >= 11 is 0. The first-order chi connectivity index (χ1) is 11.3. The van der Waals surface area contributed by atoms with Gasteiger partial charge in [-0.05, 0) is 18.6 Å². The van der Waals surface area contributed by atoms with Crippen molar-refractivity contribution in [3.8, 4) is 5.75 Å². The second kappa shape index (κ2) is 5.92. The molecule has 6 nitrogen and oxygen atoms in total. The van der Waals surface area contributed by atoms with Gasteiger partial charge in [-0.1, -0.05) is 32.0 Å². The Morgan fingerprint density at radius 3 is 2.71 bits per heavy atom. The van der Waals surface area contributed by atoms with Crippen LogP contribution < -0.4 is 9.64 Å². The number of rotatable bonds is 3. The van der Waals surface area contributed by atoms with Gasteiger partial charge in [-0.2, -0.15) is 4.98 Å². The molecule has 1 aliphatic heterocycles. The lowest BCUT2D eigenvalue weighted by atomic mass is 9.96. The van der Waals surface area contributed by atoms with E-state index in [0.717, 1.165) is 17.0 Å². The van der Waals surface area contributed by atoms with E-state index in [2.05, 4.69) is 10.1 Å². The van der Waals surface area contributed by atoms with Crippen molar-refractivity contribution >= 4 is 11.6 Å². The Labute approximate surface area is 141 Å². The van der Waals surface area contributed by atoms with E-state index >= 15 is 0 Å². The minimum atomic E-state index is -0.173. The number of carbonyl (C=O) groups is 1. The highest BCUT2D eigenvalue weighted by Gasteiger charge is 2.36. The van der Waals surface area contributed by atoms with Crippen LogP contribution in [-0.2, 0) is 10.2 Å². The van der Waals surface area contributed by atoms with Crippen molar-refractivity contribution in [1.82, 2.24) is 10.1 Å². The van der Waals surface area contributed by atoms with Gasteiger partial charge < -0.3 is 14.2 Å². The monoisotopic (exact) mass is 329 g/mol. The SMILES string of the molecule is COc1ccc(C)c(N2CC(c3nc(C(C)(C)C)no3)CC2=O)c1. The number of anilines is 1. The van der Waals surface area contributed by atoms with Gasteiger partial charge in [-0.3, -0.25) is 4.79 Å². The third-order valence-corrected chi connectivity index (χ3v) is 4.29. The van der Waals surface area contributed by atoms with Gasteiger partial charge in [0.05, 0.1) is 18.7 Å². The summed E-state index contributed by atoms with van der Waals surface area (Å²) in [6, 6.07) is 5.74. The van der Waals surface area contributed by atoms with Crippen molar-refractivity contribution in [3.05, 3.63) is 35.5 Å². The molecule has 6 heteroatoms. The Bertz CT molecular complexity index is 761. The standard InChI is InChI=1S/C18H23N3O3/c1-11-6-7-13(23-5)9-14(11)21-10-12(8-15(21)22)16-19-17(20-24-16)18(2,3)4/h6-7,9,12H,8,10H2,1-5H3. The number of methoxy groups -OCH3 is 1. The van der Waals surface area contributed by atoms with Crippen molar-refractivity contribution in [3.63, 3.8) is 0 Å². The van der Waals surface area contributed by atoms with E-state index in [1.54, 1.807) is 12.0 Å². The molecule has 1 amide bonds. The van der Waals surface area contributed by atoms with E-state index in [9.17, 15) is 4.79 Å². The fraction of sp³-hybridized carbons (Fsp3) is 0.500. The predicted molar refractivity (Wildman–Crippen MR) is 90.4 cm³/mol. The number of ether oxygens (including phenoxy) is 1. The third-order valence-electron chi connectivity index (χ3n) is 4.29. The Kier molecular flexibility index (Phi) is 4.07. The molecule has 1 saturated heterocycles. The maximum absolute atomic E-state index is 12.5. The summed E-state index contributed by atoms with van der Waals surface area (Å²) in [7, 11) is 1.62. The molecule has 0 aliphatic carbocycles. The average Bonchev–Trinajstić information content (AvgIpc) is 3.14. The first-order valence-electron chi connectivity index (χ1n) is 8.08. The third kappa shape index (κ3) is 3.00. The number of aromatic nitrogens is 2. The molecule has 2 heterocycles. The average molecular weight is 329 g/mol. The van der Waals surface area contributed by atoms with Gasteiger partial charge in [0.15, 0.2) is 5.82 Å². The summed E-state index contributed by atoms with van der Waals surface area (Å²) in [5.41, 5.74) is 1.73. The first-order valence-corrected chi connectivity index (χ1v) is 8.08. The molecule has 3 rings (SSSR count). The Morgan fingerprint density at radius 1 is 1.33 bits per heavy atom. The largest absolute Gasteiger partial charge is 0.497 e. The zero-order valence-electron chi connectivity index (χ0n) is 14.8. The molecule has 0 N–H and O–H groups in total. The van der Waals surface area contributed by atoms with Gasteiger partial charge in [0.25, 0.3) is 0 Å². The van der Waals surface area contributed by atoms with Gasteiger partial charge >= 0.3 is 0 Å². The van der Waals surface area contributed by atoms with Gasteiger partial charge in [0.2, 0.25) is 11.8 Å². The number of carbonyl (C=O) groups excluding carboxylic acids is 1. The second-order valence-electron chi connectivity index (χ2n) is 7.26. The number of amides is 1. The number of benzene rings is 1. The van der Waals surface area contributed by atoms with Crippen LogP contribution in [0.15, 0.2) is 22.7 Å². The summed E-state index contributed by atoms with van der Waals surface area (Å²) in [5.74, 6) is 1.93. The van der Waals surface area contributed by atoms with Gasteiger partial charge in [-0.15, -0.1) is 0 Å². The van der Waals surface area contributed by atoms with Crippen LogP contribution in [0, 0.1) is 6.92 Å². The van der Waals surface area contributed by atoms with E-state index in [-0.39, 0.29) is 17.2 Å². The molecule has 0 spiro atoms. The van der Waals surface area contributed by atoms with Crippen LogP contribution in [0.4, 0.5) is 5.69 Å². The molecule has 1 aromatic heterocycles. The zero-order chi connectivity index (χ0) is 17.5. The normalized spacial score (nSPS) is 18.3. The molecule has 2 aromatic rings. The quantitative estimate of drug-likeness (QED) is 0.865. The topological polar surface area (TPSA) is 68.5 Å². The highest BCUT2D eigenvalue weighted by molar-refractivity contribution is 5.97. The first kappa shape index (κ1) is 16.5. The molecule has 128 valence electrons. The number of hydrogen-bond acceptors (Lipinski definition) is 5. The fourth-order valence-electron chi connectivity index (χ4n) is 2.82. The molecule has 1 atom stereocenters. The molecular weight excluding hydrogens is 306 g/mol. The maximum Gasteiger partial charge on any atom is 0.232 e. The van der Waals surface area contributed by atoms with Crippen molar-refractivity contribution in [1.29, 1.82) is 0 Å². The van der Waals surface area contributed by atoms with Gasteiger partial charge in [0.1, 0.15) is 5.75 Å². The molecule has 1 aliphatic rings. The fourth-order valence-corrected chi connectivity index (χ4v) is 2.82. The highest BCUT2D eigenvalue weighted by Crippen LogP contribution is 2.35. The minimum Gasteiger partial charge on any atom is -0.497 e. The molecule has 1 aromatic carbocycles. The summed E-state index contributed by atoms with van der Waals surface area (Å²) in [6.45, 7) is 8.63.